The highest BCUT2D eigenvalue weighted by atomic mass is 35.5. The Bertz CT molecular complexity index is 336. The third-order valence-electron chi connectivity index (χ3n) is 2.85. The van der Waals surface area contributed by atoms with E-state index in [1.54, 1.807) is 6.20 Å². The number of thiazole rings is 1. The SMILES string of the molecule is O=C(NC1CCCCC1)C(Cl)c1nccs1. The van der Waals surface area contributed by atoms with Gasteiger partial charge in [0.1, 0.15) is 5.01 Å². The molecule has 0 saturated heterocycles. The first-order valence-electron chi connectivity index (χ1n) is 5.61. The van der Waals surface area contributed by atoms with Gasteiger partial charge < -0.3 is 5.32 Å². The van der Waals surface area contributed by atoms with Crippen LogP contribution in [0.3, 0.4) is 0 Å². The van der Waals surface area contributed by atoms with Gasteiger partial charge in [-0.1, -0.05) is 19.3 Å². The molecule has 1 heterocycles. The number of carbonyl (C=O) groups excluding carboxylic acids is 1. The van der Waals surface area contributed by atoms with Crippen molar-refractivity contribution in [3.63, 3.8) is 0 Å². The fourth-order valence-electron chi connectivity index (χ4n) is 1.99. The molecule has 1 saturated carbocycles. The molecule has 0 aliphatic heterocycles. The van der Waals surface area contributed by atoms with Gasteiger partial charge in [-0.2, -0.15) is 0 Å². The summed E-state index contributed by atoms with van der Waals surface area (Å²) in [6.07, 6.45) is 7.51. The standard InChI is InChI=1S/C11H15ClN2OS/c12-9(11-13-6-7-16-11)10(15)14-8-4-2-1-3-5-8/h6-9H,1-5H2,(H,14,15). The van der Waals surface area contributed by atoms with Crippen molar-refractivity contribution >= 4 is 28.8 Å². The smallest absolute Gasteiger partial charge is 0.245 e. The Kier molecular flexibility index (Phi) is 4.18. The lowest BCUT2D eigenvalue weighted by atomic mass is 9.95. The van der Waals surface area contributed by atoms with E-state index in [1.165, 1.54) is 30.6 Å². The van der Waals surface area contributed by atoms with Gasteiger partial charge in [-0.3, -0.25) is 4.79 Å². The molecule has 1 amide bonds. The van der Waals surface area contributed by atoms with Crippen molar-refractivity contribution in [2.45, 2.75) is 43.5 Å². The van der Waals surface area contributed by atoms with Crippen LogP contribution >= 0.6 is 22.9 Å². The predicted octanol–water partition coefficient (Wildman–Crippen LogP) is 2.87. The second-order valence-electron chi connectivity index (χ2n) is 4.08. The van der Waals surface area contributed by atoms with Gasteiger partial charge in [0.25, 0.3) is 0 Å². The number of alkyl halides is 1. The number of nitrogens with one attached hydrogen (secondary N) is 1. The number of nitrogens with zero attached hydrogens (tertiary/aromatic N) is 1. The summed E-state index contributed by atoms with van der Waals surface area (Å²) in [6.45, 7) is 0. The molecule has 0 bridgehead atoms. The number of hydrogen-bond acceptors (Lipinski definition) is 3. The molecule has 1 aromatic rings. The molecule has 88 valence electrons. The Labute approximate surface area is 104 Å². The van der Waals surface area contributed by atoms with E-state index >= 15 is 0 Å². The lowest BCUT2D eigenvalue weighted by Gasteiger charge is -2.23. The van der Waals surface area contributed by atoms with Gasteiger partial charge in [0.05, 0.1) is 0 Å². The highest BCUT2D eigenvalue weighted by Crippen LogP contribution is 2.24. The number of hydrogen-bond donors (Lipinski definition) is 1. The Morgan fingerprint density at radius 2 is 2.25 bits per heavy atom. The molecule has 1 aromatic heterocycles. The van der Waals surface area contributed by atoms with Crippen LogP contribution in [0.2, 0.25) is 0 Å². The largest absolute Gasteiger partial charge is 0.352 e. The van der Waals surface area contributed by atoms with Crippen LogP contribution < -0.4 is 5.32 Å². The third kappa shape index (κ3) is 2.95. The highest BCUT2D eigenvalue weighted by Gasteiger charge is 2.23. The highest BCUT2D eigenvalue weighted by molar-refractivity contribution is 7.10. The molecule has 2 rings (SSSR count). The molecule has 5 heteroatoms. The van der Waals surface area contributed by atoms with Crippen LogP contribution in [0, 0.1) is 0 Å². The number of halogens is 1. The average Bonchev–Trinajstić information content (AvgIpc) is 2.83. The molecule has 1 fully saturated rings. The lowest BCUT2D eigenvalue weighted by Crippen LogP contribution is -2.38. The summed E-state index contributed by atoms with van der Waals surface area (Å²) in [4.78, 5) is 15.9. The number of rotatable bonds is 3. The molecule has 0 radical (unpaired) electrons. The van der Waals surface area contributed by atoms with E-state index < -0.39 is 5.38 Å². The second-order valence-corrected chi connectivity index (χ2v) is 5.44. The van der Waals surface area contributed by atoms with Crippen molar-refractivity contribution in [1.82, 2.24) is 10.3 Å². The monoisotopic (exact) mass is 258 g/mol. The van der Waals surface area contributed by atoms with E-state index in [4.69, 9.17) is 11.6 Å². The zero-order valence-electron chi connectivity index (χ0n) is 8.99. The Morgan fingerprint density at radius 3 is 2.88 bits per heavy atom. The van der Waals surface area contributed by atoms with E-state index in [9.17, 15) is 4.79 Å². The van der Waals surface area contributed by atoms with E-state index in [-0.39, 0.29) is 5.91 Å². The molecule has 16 heavy (non-hydrogen) atoms. The number of carbonyl (C=O) groups is 1. The normalized spacial score (nSPS) is 19.3. The van der Waals surface area contributed by atoms with Crippen LogP contribution in [0.25, 0.3) is 0 Å². The van der Waals surface area contributed by atoms with Crippen molar-refractivity contribution in [1.29, 1.82) is 0 Å². The molecule has 0 spiro atoms. The summed E-state index contributed by atoms with van der Waals surface area (Å²) >= 11 is 7.47. The molecular formula is C11H15ClN2OS. The minimum atomic E-state index is -0.637. The van der Waals surface area contributed by atoms with E-state index in [0.717, 1.165) is 12.8 Å². The molecule has 1 aliphatic carbocycles. The van der Waals surface area contributed by atoms with Crippen LogP contribution in [-0.4, -0.2) is 16.9 Å². The summed E-state index contributed by atoms with van der Waals surface area (Å²) < 4.78 is 0. The van der Waals surface area contributed by atoms with Crippen LogP contribution in [0.1, 0.15) is 42.5 Å². The van der Waals surface area contributed by atoms with E-state index in [2.05, 4.69) is 10.3 Å². The van der Waals surface area contributed by atoms with Crippen LogP contribution in [0.4, 0.5) is 0 Å². The van der Waals surface area contributed by atoms with Crippen LogP contribution in [0.5, 0.6) is 0 Å². The average molecular weight is 259 g/mol. The van der Waals surface area contributed by atoms with Gasteiger partial charge >= 0.3 is 0 Å². The summed E-state index contributed by atoms with van der Waals surface area (Å²) in [7, 11) is 0. The maximum Gasteiger partial charge on any atom is 0.245 e. The number of amides is 1. The molecular weight excluding hydrogens is 244 g/mol. The molecule has 1 unspecified atom stereocenters. The van der Waals surface area contributed by atoms with Crippen molar-refractivity contribution < 1.29 is 4.79 Å². The first kappa shape index (κ1) is 11.9. The zero-order chi connectivity index (χ0) is 11.4. The molecule has 3 nitrogen and oxygen atoms in total. The minimum absolute atomic E-state index is 0.108. The first-order chi connectivity index (χ1) is 7.77. The summed E-state index contributed by atoms with van der Waals surface area (Å²) in [6, 6.07) is 0.308. The maximum absolute atomic E-state index is 11.8. The van der Waals surface area contributed by atoms with Crippen molar-refractivity contribution in [3.8, 4) is 0 Å². The molecule has 1 aliphatic rings. The van der Waals surface area contributed by atoms with Gasteiger partial charge in [-0.05, 0) is 12.8 Å². The minimum Gasteiger partial charge on any atom is -0.352 e. The predicted molar refractivity (Wildman–Crippen MR) is 65.7 cm³/mol. The molecule has 1 N–H and O–H groups in total. The second kappa shape index (κ2) is 5.64. The van der Waals surface area contributed by atoms with Gasteiger partial charge in [-0.15, -0.1) is 22.9 Å². The van der Waals surface area contributed by atoms with Gasteiger partial charge in [0.15, 0.2) is 5.38 Å². The van der Waals surface area contributed by atoms with Crippen LogP contribution in [0.15, 0.2) is 11.6 Å². The molecule has 1 atom stereocenters. The Morgan fingerprint density at radius 1 is 1.50 bits per heavy atom. The van der Waals surface area contributed by atoms with Gasteiger partial charge in [0, 0.05) is 17.6 Å². The van der Waals surface area contributed by atoms with E-state index in [0.29, 0.717) is 11.0 Å². The van der Waals surface area contributed by atoms with Gasteiger partial charge in [0.2, 0.25) is 5.91 Å². The van der Waals surface area contributed by atoms with Crippen molar-refractivity contribution in [2.24, 2.45) is 0 Å². The zero-order valence-corrected chi connectivity index (χ0v) is 10.6. The maximum atomic E-state index is 11.8. The summed E-state index contributed by atoms with van der Waals surface area (Å²) in [5.41, 5.74) is 0. The van der Waals surface area contributed by atoms with Crippen molar-refractivity contribution in [3.05, 3.63) is 16.6 Å². The fraction of sp³-hybridized carbons (Fsp3) is 0.636. The first-order valence-corrected chi connectivity index (χ1v) is 6.93. The fourth-order valence-corrected chi connectivity index (χ4v) is 2.88. The van der Waals surface area contributed by atoms with Gasteiger partial charge in [-0.25, -0.2) is 4.98 Å². The topological polar surface area (TPSA) is 42.0 Å². The molecule has 0 aromatic carbocycles. The van der Waals surface area contributed by atoms with E-state index in [1.807, 2.05) is 5.38 Å². The van der Waals surface area contributed by atoms with Crippen molar-refractivity contribution in [2.75, 3.05) is 0 Å². The lowest BCUT2D eigenvalue weighted by molar-refractivity contribution is -0.121. The summed E-state index contributed by atoms with van der Waals surface area (Å²) in [5.74, 6) is -0.108. The third-order valence-corrected chi connectivity index (χ3v) is 4.22. The summed E-state index contributed by atoms with van der Waals surface area (Å²) in [5, 5.41) is 4.87. The van der Waals surface area contributed by atoms with Crippen LogP contribution in [-0.2, 0) is 4.79 Å². The quantitative estimate of drug-likeness (QED) is 0.847. The Hall–Kier alpha value is -0.610. The number of aromatic nitrogens is 1. The Balaban J connectivity index is 1.87.